The van der Waals surface area contributed by atoms with Gasteiger partial charge in [0.2, 0.25) is 0 Å². The minimum atomic E-state index is -0.717. The third-order valence-electron chi connectivity index (χ3n) is 8.28. The van der Waals surface area contributed by atoms with Crippen molar-refractivity contribution in [3.8, 4) is 5.75 Å². The van der Waals surface area contributed by atoms with Crippen LogP contribution in [0, 0.1) is 0 Å². The Morgan fingerprint density at radius 3 is 2.47 bits per heavy atom. The number of carbonyl (C=O) groups excluding carboxylic acids is 2. The van der Waals surface area contributed by atoms with Crippen molar-refractivity contribution in [1.29, 1.82) is 0 Å². The van der Waals surface area contributed by atoms with E-state index < -0.39 is 5.54 Å². The zero-order valence-corrected chi connectivity index (χ0v) is 21.5. The van der Waals surface area contributed by atoms with E-state index in [0.29, 0.717) is 31.8 Å². The van der Waals surface area contributed by atoms with Crippen LogP contribution < -0.4 is 4.74 Å². The number of carbonyl (C=O) groups is 2. The van der Waals surface area contributed by atoms with Gasteiger partial charge in [0.05, 0.1) is 7.11 Å². The summed E-state index contributed by atoms with van der Waals surface area (Å²) in [4.78, 5) is 35.4. The first kappa shape index (κ1) is 24.4. The average Bonchev–Trinajstić information content (AvgIpc) is 3.40. The number of likely N-dealkylation sites (N-methyl/N-ethyl adjacent to an activating group) is 1. The lowest BCUT2D eigenvalue weighted by atomic mass is 9.84. The monoisotopic (exact) mass is 488 g/mol. The number of methoxy groups -OCH3 is 1. The fourth-order valence-corrected chi connectivity index (χ4v) is 5.93. The lowest BCUT2D eigenvalue weighted by molar-refractivity contribution is -0.135. The number of aryl methyl sites for hydroxylation is 1. The number of piperidine rings is 1. The lowest BCUT2D eigenvalue weighted by Crippen LogP contribution is -2.58. The van der Waals surface area contributed by atoms with Crippen molar-refractivity contribution in [1.82, 2.24) is 19.7 Å². The van der Waals surface area contributed by atoms with E-state index in [-0.39, 0.29) is 11.9 Å². The van der Waals surface area contributed by atoms with Gasteiger partial charge in [-0.3, -0.25) is 9.69 Å². The van der Waals surface area contributed by atoms with E-state index in [1.807, 2.05) is 29.2 Å². The van der Waals surface area contributed by atoms with Crippen molar-refractivity contribution >= 4 is 22.8 Å². The number of hydrogen-bond acceptors (Lipinski definition) is 4. The molecule has 2 aliphatic rings. The third kappa shape index (κ3) is 4.37. The summed E-state index contributed by atoms with van der Waals surface area (Å²) < 4.78 is 5.25. The Kier molecular flexibility index (Phi) is 6.75. The van der Waals surface area contributed by atoms with E-state index in [9.17, 15) is 9.59 Å². The molecule has 190 valence electrons. The summed E-state index contributed by atoms with van der Waals surface area (Å²) in [7, 11) is 3.27. The number of ether oxygens (including phenoxy) is 1. The van der Waals surface area contributed by atoms with E-state index in [0.717, 1.165) is 37.2 Å². The first-order valence-electron chi connectivity index (χ1n) is 12.9. The zero-order chi connectivity index (χ0) is 25.3. The van der Waals surface area contributed by atoms with Crippen LogP contribution in [-0.4, -0.2) is 77.0 Å². The molecule has 5 rings (SSSR count). The quantitative estimate of drug-likeness (QED) is 0.475. The number of nitrogens with zero attached hydrogens (tertiary/aromatic N) is 3. The topological polar surface area (TPSA) is 68.9 Å². The van der Waals surface area contributed by atoms with Crippen LogP contribution in [0.1, 0.15) is 37.3 Å². The molecule has 36 heavy (non-hydrogen) atoms. The molecule has 7 heteroatoms. The SMILES string of the molecule is COc1ccc(CCN2C(=O)N(C)C(=O)C23CCN(C(C)CCc2c[nH]c4ccccc24)CC3)cc1. The highest BCUT2D eigenvalue weighted by atomic mass is 16.5. The summed E-state index contributed by atoms with van der Waals surface area (Å²) >= 11 is 0. The van der Waals surface area contributed by atoms with E-state index in [4.69, 9.17) is 4.74 Å². The molecule has 7 nitrogen and oxygen atoms in total. The van der Waals surface area contributed by atoms with Crippen molar-refractivity contribution in [2.24, 2.45) is 0 Å². The number of imide groups is 1. The molecule has 2 saturated heterocycles. The molecular formula is C29H36N4O3. The molecule has 0 saturated carbocycles. The highest BCUT2D eigenvalue weighted by Gasteiger charge is 2.56. The fourth-order valence-electron chi connectivity index (χ4n) is 5.93. The van der Waals surface area contributed by atoms with Gasteiger partial charge in [0, 0.05) is 49.8 Å². The third-order valence-corrected chi connectivity index (χ3v) is 8.28. The number of nitrogens with one attached hydrogen (secondary N) is 1. The van der Waals surface area contributed by atoms with Crippen LogP contribution in [0.5, 0.6) is 5.75 Å². The molecular weight excluding hydrogens is 452 g/mol. The number of hydrogen-bond donors (Lipinski definition) is 1. The van der Waals surface area contributed by atoms with Gasteiger partial charge in [-0.1, -0.05) is 30.3 Å². The van der Waals surface area contributed by atoms with Crippen molar-refractivity contribution in [2.75, 3.05) is 33.8 Å². The highest BCUT2D eigenvalue weighted by molar-refractivity contribution is 6.06. The normalized spacial score (nSPS) is 19.0. The summed E-state index contributed by atoms with van der Waals surface area (Å²) in [5.41, 5.74) is 2.95. The van der Waals surface area contributed by atoms with Gasteiger partial charge in [0.25, 0.3) is 5.91 Å². The molecule has 3 aromatic rings. The number of benzene rings is 2. The van der Waals surface area contributed by atoms with Crippen molar-refractivity contribution in [3.05, 3.63) is 65.9 Å². The Morgan fingerprint density at radius 2 is 1.75 bits per heavy atom. The van der Waals surface area contributed by atoms with Gasteiger partial charge >= 0.3 is 6.03 Å². The Hall–Kier alpha value is -3.32. The van der Waals surface area contributed by atoms with E-state index >= 15 is 0 Å². The number of rotatable bonds is 8. The maximum atomic E-state index is 13.3. The van der Waals surface area contributed by atoms with Crippen LogP contribution in [0.3, 0.4) is 0 Å². The van der Waals surface area contributed by atoms with Gasteiger partial charge in [-0.15, -0.1) is 0 Å². The van der Waals surface area contributed by atoms with Crippen LogP contribution >= 0.6 is 0 Å². The van der Waals surface area contributed by atoms with Crippen molar-refractivity contribution in [3.63, 3.8) is 0 Å². The number of likely N-dealkylation sites (tertiary alicyclic amines) is 1. The van der Waals surface area contributed by atoms with Gasteiger partial charge in [-0.25, -0.2) is 4.79 Å². The minimum Gasteiger partial charge on any atom is -0.497 e. The van der Waals surface area contributed by atoms with Crippen LogP contribution in [0.2, 0.25) is 0 Å². The second-order valence-corrected chi connectivity index (χ2v) is 10.2. The van der Waals surface area contributed by atoms with E-state index in [1.54, 1.807) is 14.2 Å². The summed E-state index contributed by atoms with van der Waals surface area (Å²) in [6, 6.07) is 16.6. The van der Waals surface area contributed by atoms with Gasteiger partial charge < -0.3 is 19.5 Å². The molecule has 0 bridgehead atoms. The number of amides is 3. The zero-order valence-electron chi connectivity index (χ0n) is 21.5. The molecule has 1 unspecified atom stereocenters. The largest absolute Gasteiger partial charge is 0.497 e. The number of urea groups is 1. The smallest absolute Gasteiger partial charge is 0.327 e. The lowest BCUT2D eigenvalue weighted by Gasteiger charge is -2.44. The maximum absolute atomic E-state index is 13.3. The summed E-state index contributed by atoms with van der Waals surface area (Å²) in [5, 5.41) is 1.30. The molecule has 2 aliphatic heterocycles. The molecule has 0 radical (unpaired) electrons. The van der Waals surface area contributed by atoms with Crippen LogP contribution in [0.15, 0.2) is 54.7 Å². The molecule has 1 aromatic heterocycles. The summed E-state index contributed by atoms with van der Waals surface area (Å²) in [6.07, 6.45) is 6.28. The summed E-state index contributed by atoms with van der Waals surface area (Å²) in [6.45, 7) is 4.46. The molecule has 2 aromatic carbocycles. The molecule has 3 amide bonds. The second-order valence-electron chi connectivity index (χ2n) is 10.2. The second kappa shape index (κ2) is 9.97. The van der Waals surface area contributed by atoms with Gasteiger partial charge in [-0.05, 0) is 68.4 Å². The Balaban J connectivity index is 1.21. The first-order chi connectivity index (χ1) is 17.4. The fraction of sp³-hybridized carbons (Fsp3) is 0.448. The molecule has 1 spiro atoms. The average molecular weight is 489 g/mol. The molecule has 3 heterocycles. The predicted octanol–water partition coefficient (Wildman–Crippen LogP) is 4.47. The first-order valence-corrected chi connectivity index (χ1v) is 12.9. The minimum absolute atomic E-state index is 0.0478. The van der Waals surface area contributed by atoms with Gasteiger partial charge in [0.1, 0.15) is 11.3 Å². The van der Waals surface area contributed by atoms with Crippen molar-refractivity contribution in [2.45, 2.75) is 50.6 Å². The molecule has 0 aliphatic carbocycles. The number of para-hydroxylation sites is 1. The number of aromatic amines is 1. The molecule has 2 fully saturated rings. The predicted molar refractivity (Wildman–Crippen MR) is 141 cm³/mol. The van der Waals surface area contributed by atoms with Crippen LogP contribution in [-0.2, 0) is 17.6 Å². The Morgan fingerprint density at radius 1 is 1.03 bits per heavy atom. The van der Waals surface area contributed by atoms with Gasteiger partial charge in [0.15, 0.2) is 0 Å². The number of aromatic nitrogens is 1. The number of H-pyrrole nitrogens is 1. The summed E-state index contributed by atoms with van der Waals surface area (Å²) in [5.74, 6) is 0.766. The highest BCUT2D eigenvalue weighted by Crippen LogP contribution is 2.37. The standard InChI is InChI=1S/C29H36N4O3/c1-21(8-11-23-20-30-26-7-5-4-6-25(23)26)32-18-15-29(16-19-32)27(34)31(2)28(35)33(29)17-14-22-9-12-24(36-3)13-10-22/h4-7,9-10,12-13,20-21,30H,8,11,14-19H2,1-3H3. The van der Waals surface area contributed by atoms with E-state index in [2.05, 4.69) is 47.3 Å². The van der Waals surface area contributed by atoms with E-state index in [1.165, 1.54) is 21.4 Å². The van der Waals surface area contributed by atoms with Gasteiger partial charge in [-0.2, -0.15) is 0 Å². The Labute approximate surface area is 213 Å². The molecule has 1 N–H and O–H groups in total. The van der Waals surface area contributed by atoms with Crippen molar-refractivity contribution < 1.29 is 14.3 Å². The Bertz CT molecular complexity index is 1230. The van der Waals surface area contributed by atoms with Crippen LogP contribution in [0.25, 0.3) is 10.9 Å². The maximum Gasteiger partial charge on any atom is 0.327 e. The number of fused-ring (bicyclic) bond motifs is 1. The van der Waals surface area contributed by atoms with Crippen LogP contribution in [0.4, 0.5) is 4.79 Å². The molecule has 1 atom stereocenters.